The Morgan fingerprint density at radius 3 is 2.22 bits per heavy atom. The molecule has 0 unspecified atom stereocenters. The number of amides is 2. The maximum absolute atomic E-state index is 13.6. The normalized spacial score (nSPS) is 13.6. The van der Waals surface area contributed by atoms with Gasteiger partial charge in [-0.15, -0.1) is 11.3 Å². The van der Waals surface area contributed by atoms with Gasteiger partial charge in [0.25, 0.3) is 0 Å². The number of rotatable bonds is 12. The van der Waals surface area contributed by atoms with Crippen molar-refractivity contribution in [3.8, 4) is 17.2 Å². The molecule has 1 aliphatic heterocycles. The lowest BCUT2D eigenvalue weighted by Gasteiger charge is -2.33. The molecule has 2 aromatic carbocycles. The molecule has 242 valence electrons. The Morgan fingerprint density at radius 1 is 0.933 bits per heavy atom. The van der Waals surface area contributed by atoms with E-state index in [4.69, 9.17) is 18.9 Å². The van der Waals surface area contributed by atoms with Crippen molar-refractivity contribution in [3.05, 3.63) is 70.1 Å². The monoisotopic (exact) mass is 637 g/mol. The van der Waals surface area contributed by atoms with Crippen molar-refractivity contribution in [2.45, 2.75) is 45.6 Å². The number of likely N-dealkylation sites (tertiary alicyclic amines) is 1. The summed E-state index contributed by atoms with van der Waals surface area (Å²) in [7, 11) is 4.78. The minimum Gasteiger partial charge on any atom is -0.497 e. The summed E-state index contributed by atoms with van der Waals surface area (Å²) >= 11 is 1.39. The minimum absolute atomic E-state index is 0.0557. The van der Waals surface area contributed by atoms with Gasteiger partial charge in [-0.1, -0.05) is 6.07 Å². The third kappa shape index (κ3) is 9.13. The highest BCUT2D eigenvalue weighted by Crippen LogP contribution is 2.35. The number of hydrogen-bond donors (Lipinski definition) is 2. The van der Waals surface area contributed by atoms with Gasteiger partial charge in [0.1, 0.15) is 22.8 Å². The summed E-state index contributed by atoms with van der Waals surface area (Å²) in [6.45, 7) is 7.37. The second-order valence-corrected chi connectivity index (χ2v) is 12.8. The van der Waals surface area contributed by atoms with Gasteiger partial charge in [-0.25, -0.2) is 4.79 Å². The van der Waals surface area contributed by atoms with Gasteiger partial charge in [0, 0.05) is 54.2 Å². The zero-order valence-electron chi connectivity index (χ0n) is 26.9. The standard InChI is InChI=1S/C34H43N3O7S/c1-34(2,3)44-33(40)37-15-13-22(14-16-37)19-35-30(38)20-36-32-27(17-24-9-12-26(42-5)18-29(24)43-6)28(21-45-32)31(39)23-7-10-25(41-4)11-8-23/h7-12,18,21-22,36H,13-17,19-20H2,1-6H3,(H,35,38). The van der Waals surface area contributed by atoms with Crippen LogP contribution in [0.1, 0.15) is 60.7 Å². The SMILES string of the molecule is COc1ccc(C(=O)c2csc(NCC(=O)NCC3CCN(C(=O)OC(C)(C)C)CC3)c2Cc2ccc(OC)cc2OC)cc1. The van der Waals surface area contributed by atoms with Crippen molar-refractivity contribution in [1.29, 1.82) is 0 Å². The Labute approximate surface area is 269 Å². The lowest BCUT2D eigenvalue weighted by atomic mass is 9.96. The fraction of sp³-hybridized carbons (Fsp3) is 0.441. The smallest absolute Gasteiger partial charge is 0.410 e. The molecule has 0 atom stereocenters. The Bertz CT molecular complexity index is 1470. The molecule has 45 heavy (non-hydrogen) atoms. The molecular weight excluding hydrogens is 594 g/mol. The van der Waals surface area contributed by atoms with E-state index in [0.717, 1.165) is 29.0 Å². The summed E-state index contributed by atoms with van der Waals surface area (Å²) in [6.07, 6.45) is 1.71. The number of hydrogen-bond acceptors (Lipinski definition) is 9. The molecule has 3 aromatic rings. The van der Waals surface area contributed by atoms with Gasteiger partial charge >= 0.3 is 6.09 Å². The van der Waals surface area contributed by atoms with Crippen LogP contribution in [0.4, 0.5) is 9.80 Å². The first-order valence-electron chi connectivity index (χ1n) is 15.0. The molecule has 2 heterocycles. The highest BCUT2D eigenvalue weighted by molar-refractivity contribution is 7.14. The largest absolute Gasteiger partial charge is 0.497 e. The van der Waals surface area contributed by atoms with Gasteiger partial charge < -0.3 is 34.5 Å². The fourth-order valence-electron chi connectivity index (χ4n) is 5.11. The summed E-state index contributed by atoms with van der Waals surface area (Å²) in [6, 6.07) is 12.6. The highest BCUT2D eigenvalue weighted by atomic mass is 32.1. The zero-order chi connectivity index (χ0) is 32.6. The van der Waals surface area contributed by atoms with E-state index in [1.807, 2.05) is 44.4 Å². The zero-order valence-corrected chi connectivity index (χ0v) is 27.7. The van der Waals surface area contributed by atoms with E-state index >= 15 is 0 Å². The van der Waals surface area contributed by atoms with E-state index in [1.165, 1.54) is 11.3 Å². The molecule has 1 saturated heterocycles. The van der Waals surface area contributed by atoms with Gasteiger partial charge in [-0.05, 0) is 75.4 Å². The maximum atomic E-state index is 13.6. The van der Waals surface area contributed by atoms with Crippen LogP contribution >= 0.6 is 11.3 Å². The number of nitrogens with one attached hydrogen (secondary N) is 2. The molecule has 0 bridgehead atoms. The van der Waals surface area contributed by atoms with E-state index < -0.39 is 5.60 Å². The lowest BCUT2D eigenvalue weighted by molar-refractivity contribution is -0.119. The second kappa shape index (κ2) is 15.2. The molecule has 1 aromatic heterocycles. The molecule has 2 N–H and O–H groups in total. The number of piperidine rings is 1. The van der Waals surface area contributed by atoms with Crippen LogP contribution in [0.3, 0.4) is 0 Å². The summed E-state index contributed by atoms with van der Waals surface area (Å²) in [4.78, 5) is 40.6. The third-order valence-electron chi connectivity index (χ3n) is 7.62. The van der Waals surface area contributed by atoms with Crippen molar-refractivity contribution in [1.82, 2.24) is 10.2 Å². The van der Waals surface area contributed by atoms with Gasteiger partial charge in [0.05, 0.1) is 32.9 Å². The molecule has 11 heteroatoms. The van der Waals surface area contributed by atoms with Crippen LogP contribution in [-0.4, -0.2) is 75.8 Å². The van der Waals surface area contributed by atoms with Crippen molar-refractivity contribution >= 4 is 34.1 Å². The van der Waals surface area contributed by atoms with E-state index in [1.54, 1.807) is 50.5 Å². The van der Waals surface area contributed by atoms with Crippen LogP contribution in [0.2, 0.25) is 0 Å². The predicted molar refractivity (Wildman–Crippen MR) is 175 cm³/mol. The first-order valence-corrected chi connectivity index (χ1v) is 15.9. The van der Waals surface area contributed by atoms with Crippen molar-refractivity contribution in [2.75, 3.05) is 52.8 Å². The summed E-state index contributed by atoms with van der Waals surface area (Å²) in [5.41, 5.74) is 2.24. The quantitative estimate of drug-likeness (QED) is 0.241. The molecule has 4 rings (SSSR count). The number of nitrogens with zero attached hydrogens (tertiary/aromatic N) is 1. The maximum Gasteiger partial charge on any atom is 0.410 e. The molecule has 0 aliphatic carbocycles. The Hall–Kier alpha value is -4.25. The number of methoxy groups -OCH3 is 3. The molecule has 0 radical (unpaired) electrons. The number of ketones is 1. The molecule has 10 nitrogen and oxygen atoms in total. The van der Waals surface area contributed by atoms with Crippen LogP contribution < -0.4 is 24.8 Å². The van der Waals surface area contributed by atoms with Crippen molar-refractivity contribution in [2.24, 2.45) is 5.92 Å². The summed E-state index contributed by atoms with van der Waals surface area (Å²) in [5.74, 6) is 1.99. The van der Waals surface area contributed by atoms with Crippen molar-refractivity contribution in [3.63, 3.8) is 0 Å². The van der Waals surface area contributed by atoms with Gasteiger partial charge in [0.15, 0.2) is 5.78 Å². The summed E-state index contributed by atoms with van der Waals surface area (Å²) in [5, 5.41) is 8.87. The number of benzene rings is 2. The van der Waals surface area contributed by atoms with Crippen LogP contribution in [0.25, 0.3) is 0 Å². The number of carbonyl (C=O) groups excluding carboxylic acids is 3. The number of carbonyl (C=O) groups is 3. The molecule has 2 amide bonds. The van der Waals surface area contributed by atoms with Crippen LogP contribution in [0.15, 0.2) is 47.8 Å². The summed E-state index contributed by atoms with van der Waals surface area (Å²) < 4.78 is 21.7. The van der Waals surface area contributed by atoms with Crippen molar-refractivity contribution < 1.29 is 33.3 Å². The van der Waals surface area contributed by atoms with Gasteiger partial charge in [0.2, 0.25) is 5.91 Å². The molecule has 1 fully saturated rings. The second-order valence-electron chi connectivity index (χ2n) is 11.9. The van der Waals surface area contributed by atoms with Gasteiger partial charge in [-0.3, -0.25) is 9.59 Å². The number of ether oxygens (including phenoxy) is 4. The molecular formula is C34H43N3O7S. The molecule has 0 spiro atoms. The Morgan fingerprint density at radius 2 is 1.60 bits per heavy atom. The van der Waals surface area contributed by atoms with Crippen LogP contribution in [-0.2, 0) is 16.0 Å². The average Bonchev–Trinajstić information content (AvgIpc) is 3.44. The van der Waals surface area contributed by atoms with Gasteiger partial charge in [-0.2, -0.15) is 0 Å². The lowest BCUT2D eigenvalue weighted by Crippen LogP contribution is -2.44. The molecule has 1 aliphatic rings. The average molecular weight is 638 g/mol. The highest BCUT2D eigenvalue weighted by Gasteiger charge is 2.27. The van der Waals surface area contributed by atoms with E-state index in [2.05, 4.69) is 10.6 Å². The van der Waals surface area contributed by atoms with E-state index in [0.29, 0.717) is 54.4 Å². The number of anilines is 1. The predicted octanol–water partition coefficient (Wildman–Crippen LogP) is 5.77. The number of thiophene rings is 1. The van der Waals surface area contributed by atoms with E-state index in [-0.39, 0.29) is 30.2 Å². The first kappa shape index (κ1) is 33.6. The fourth-order valence-corrected chi connectivity index (χ4v) is 6.08. The minimum atomic E-state index is -0.526. The third-order valence-corrected chi connectivity index (χ3v) is 8.60. The van der Waals surface area contributed by atoms with Crippen LogP contribution in [0, 0.1) is 5.92 Å². The van der Waals surface area contributed by atoms with Crippen LogP contribution in [0.5, 0.6) is 17.2 Å². The van der Waals surface area contributed by atoms with E-state index in [9.17, 15) is 14.4 Å². The molecule has 0 saturated carbocycles. The first-order chi connectivity index (χ1) is 21.5. The Kier molecular flexibility index (Phi) is 11.3. The Balaban J connectivity index is 1.42. The topological polar surface area (TPSA) is 115 Å².